The number of hydrogen-bond acceptors (Lipinski definition) is 8. The van der Waals surface area contributed by atoms with E-state index in [1.165, 1.54) is 35.1 Å². The second kappa shape index (κ2) is 9.08. The van der Waals surface area contributed by atoms with Crippen LogP contribution < -0.4 is 10.9 Å². The lowest BCUT2D eigenvalue weighted by Crippen LogP contribution is -2.24. The van der Waals surface area contributed by atoms with E-state index in [1.54, 1.807) is 22.0 Å². The van der Waals surface area contributed by atoms with Gasteiger partial charge >= 0.3 is 5.97 Å². The molecule has 1 amide bonds. The molecule has 0 saturated carbocycles. The quantitative estimate of drug-likeness (QED) is 0.226. The SMILES string of the molecule is C=CCn1c(SCC(=O)Nc2sc3c(c2C(=O)OC)CCC3)nc2sc3c(c2c1=O)CCC3. The monoisotopic (exact) mass is 501 g/mol. The summed E-state index contributed by atoms with van der Waals surface area (Å²) in [6, 6.07) is 0. The average Bonchev–Trinajstić information content (AvgIpc) is 3.55. The molecule has 1 N–H and O–H groups in total. The summed E-state index contributed by atoms with van der Waals surface area (Å²) in [7, 11) is 1.35. The van der Waals surface area contributed by atoms with Gasteiger partial charge in [-0.25, -0.2) is 9.78 Å². The number of hydrogen-bond donors (Lipinski definition) is 1. The number of nitrogens with one attached hydrogen (secondary N) is 1. The number of thioether (sulfide) groups is 1. The number of allylic oxidation sites excluding steroid dienone is 1. The third-order valence-corrected chi connectivity index (χ3v) is 9.37. The van der Waals surface area contributed by atoms with Gasteiger partial charge in [0, 0.05) is 16.3 Å². The van der Waals surface area contributed by atoms with Crippen LogP contribution in [0.4, 0.5) is 5.00 Å². The maximum Gasteiger partial charge on any atom is 0.341 e. The Bertz CT molecular complexity index is 1350. The fourth-order valence-electron chi connectivity index (χ4n) is 4.56. The van der Waals surface area contributed by atoms with E-state index in [9.17, 15) is 14.4 Å². The van der Waals surface area contributed by atoms with Gasteiger partial charge in [-0.1, -0.05) is 17.8 Å². The Labute approximate surface area is 202 Å². The standard InChI is InChI=1S/C23H23N3O4S3/c1-3-10-26-21(28)17-12-6-4-8-14(12)32-19(17)25-23(26)31-11-16(27)24-20-18(22(29)30-2)13-7-5-9-15(13)33-20/h3H,1,4-11H2,2H3,(H,24,27). The van der Waals surface area contributed by atoms with Gasteiger partial charge in [-0.3, -0.25) is 14.2 Å². The van der Waals surface area contributed by atoms with Crippen molar-refractivity contribution in [1.82, 2.24) is 9.55 Å². The Morgan fingerprint density at radius 1 is 1.18 bits per heavy atom. The molecular formula is C23H23N3O4S3. The molecule has 0 unspecified atom stereocenters. The fraction of sp³-hybridized carbons (Fsp3) is 0.391. The number of rotatable bonds is 7. The summed E-state index contributed by atoms with van der Waals surface area (Å²) in [6.07, 6.45) is 7.41. The van der Waals surface area contributed by atoms with Crippen molar-refractivity contribution >= 4 is 61.5 Å². The molecule has 0 aromatic carbocycles. The first-order valence-electron chi connectivity index (χ1n) is 10.8. The van der Waals surface area contributed by atoms with Crippen LogP contribution in [-0.2, 0) is 41.8 Å². The van der Waals surface area contributed by atoms with Crippen molar-refractivity contribution in [2.45, 2.75) is 50.2 Å². The van der Waals surface area contributed by atoms with Gasteiger partial charge in [0.15, 0.2) is 5.16 Å². The summed E-state index contributed by atoms with van der Waals surface area (Å²) in [5.74, 6) is -0.600. The average molecular weight is 502 g/mol. The zero-order chi connectivity index (χ0) is 23.1. The van der Waals surface area contributed by atoms with Crippen LogP contribution in [0.25, 0.3) is 10.2 Å². The number of aromatic nitrogens is 2. The predicted molar refractivity (Wildman–Crippen MR) is 133 cm³/mol. The molecule has 0 aliphatic heterocycles. The molecule has 0 saturated heterocycles. The first kappa shape index (κ1) is 22.4. The van der Waals surface area contributed by atoms with Crippen LogP contribution in [0.1, 0.15) is 44.1 Å². The van der Waals surface area contributed by atoms with E-state index in [2.05, 4.69) is 11.9 Å². The van der Waals surface area contributed by atoms with Crippen molar-refractivity contribution < 1.29 is 14.3 Å². The number of esters is 1. The van der Waals surface area contributed by atoms with Gasteiger partial charge in [0.05, 0.1) is 23.8 Å². The molecule has 0 fully saturated rings. The summed E-state index contributed by atoms with van der Waals surface area (Å²) in [6.45, 7) is 4.11. The van der Waals surface area contributed by atoms with Crippen LogP contribution >= 0.6 is 34.4 Å². The molecule has 2 aliphatic carbocycles. The van der Waals surface area contributed by atoms with E-state index in [1.807, 2.05) is 0 Å². The number of carbonyl (C=O) groups excluding carboxylic acids is 2. The Hall–Kier alpha value is -2.43. The molecule has 3 aromatic rings. The van der Waals surface area contributed by atoms with Crippen LogP contribution in [0.5, 0.6) is 0 Å². The molecule has 0 spiro atoms. The molecule has 2 aliphatic rings. The minimum absolute atomic E-state index is 0.0649. The zero-order valence-corrected chi connectivity index (χ0v) is 20.6. The number of amides is 1. The number of nitrogens with zero attached hydrogens (tertiary/aromatic N) is 2. The molecule has 0 radical (unpaired) electrons. The van der Waals surface area contributed by atoms with E-state index < -0.39 is 5.97 Å². The zero-order valence-electron chi connectivity index (χ0n) is 18.2. The highest BCUT2D eigenvalue weighted by atomic mass is 32.2. The third kappa shape index (κ3) is 3.94. The number of thiophene rings is 2. The van der Waals surface area contributed by atoms with Gasteiger partial charge in [-0.15, -0.1) is 29.3 Å². The molecule has 3 aromatic heterocycles. The van der Waals surface area contributed by atoms with Gasteiger partial charge in [-0.05, 0) is 49.7 Å². The molecule has 0 bridgehead atoms. The van der Waals surface area contributed by atoms with Crippen molar-refractivity contribution in [2.24, 2.45) is 0 Å². The first-order valence-corrected chi connectivity index (χ1v) is 13.4. The topological polar surface area (TPSA) is 90.3 Å². The highest BCUT2D eigenvalue weighted by Gasteiger charge is 2.28. The Morgan fingerprint density at radius 3 is 2.64 bits per heavy atom. The fourth-order valence-corrected chi connectivity index (χ4v) is 7.97. The maximum atomic E-state index is 13.2. The summed E-state index contributed by atoms with van der Waals surface area (Å²) < 4.78 is 6.54. The van der Waals surface area contributed by atoms with Crippen LogP contribution in [0.2, 0.25) is 0 Å². The minimum Gasteiger partial charge on any atom is -0.465 e. The minimum atomic E-state index is -0.421. The normalized spacial score (nSPS) is 14.3. The Kier molecular flexibility index (Phi) is 6.15. The number of methoxy groups -OCH3 is 1. The lowest BCUT2D eigenvalue weighted by atomic mass is 10.1. The second-order valence-electron chi connectivity index (χ2n) is 8.03. The summed E-state index contributed by atoms with van der Waals surface area (Å²) in [5.41, 5.74) is 2.54. The molecule has 0 atom stereocenters. The molecule has 33 heavy (non-hydrogen) atoms. The summed E-state index contributed by atoms with van der Waals surface area (Å²) >= 11 is 4.25. The van der Waals surface area contributed by atoms with Crippen LogP contribution in [0.15, 0.2) is 22.6 Å². The van der Waals surface area contributed by atoms with Gasteiger partial charge < -0.3 is 10.1 Å². The van der Waals surface area contributed by atoms with Crippen LogP contribution in [0, 0.1) is 0 Å². The second-order valence-corrected chi connectivity index (χ2v) is 11.2. The van der Waals surface area contributed by atoms with E-state index in [4.69, 9.17) is 9.72 Å². The van der Waals surface area contributed by atoms with Crippen molar-refractivity contribution in [3.63, 3.8) is 0 Å². The maximum absolute atomic E-state index is 13.2. The largest absolute Gasteiger partial charge is 0.465 e. The lowest BCUT2D eigenvalue weighted by molar-refractivity contribution is -0.113. The number of carbonyl (C=O) groups is 2. The van der Waals surface area contributed by atoms with Crippen LogP contribution in [-0.4, -0.2) is 34.3 Å². The highest BCUT2D eigenvalue weighted by molar-refractivity contribution is 7.99. The van der Waals surface area contributed by atoms with Crippen molar-refractivity contribution in [2.75, 3.05) is 18.2 Å². The summed E-state index contributed by atoms with van der Waals surface area (Å²) in [4.78, 5) is 46.2. The van der Waals surface area contributed by atoms with Gasteiger partial charge in [-0.2, -0.15) is 0 Å². The van der Waals surface area contributed by atoms with E-state index in [-0.39, 0.29) is 17.2 Å². The van der Waals surface area contributed by atoms with E-state index >= 15 is 0 Å². The van der Waals surface area contributed by atoms with Gasteiger partial charge in [0.25, 0.3) is 5.56 Å². The number of aryl methyl sites for hydroxylation is 3. The molecule has 3 heterocycles. The molecule has 5 rings (SSSR count). The van der Waals surface area contributed by atoms with Crippen molar-refractivity contribution in [3.05, 3.63) is 49.5 Å². The molecule has 7 nitrogen and oxygen atoms in total. The Balaban J connectivity index is 1.39. The summed E-state index contributed by atoms with van der Waals surface area (Å²) in [5, 5.41) is 4.65. The molecular weight excluding hydrogens is 478 g/mol. The predicted octanol–water partition coefficient (Wildman–Crippen LogP) is 4.20. The number of anilines is 1. The van der Waals surface area contributed by atoms with E-state index in [0.717, 1.165) is 64.7 Å². The molecule has 172 valence electrons. The number of fused-ring (bicyclic) bond motifs is 4. The van der Waals surface area contributed by atoms with Crippen molar-refractivity contribution in [3.8, 4) is 0 Å². The third-order valence-electron chi connectivity index (χ3n) is 6.00. The number of ether oxygens (including phenoxy) is 1. The lowest BCUT2D eigenvalue weighted by Gasteiger charge is -2.11. The van der Waals surface area contributed by atoms with Crippen molar-refractivity contribution in [1.29, 1.82) is 0 Å². The first-order chi connectivity index (χ1) is 16.0. The smallest absolute Gasteiger partial charge is 0.341 e. The highest BCUT2D eigenvalue weighted by Crippen LogP contribution is 2.40. The van der Waals surface area contributed by atoms with Crippen LogP contribution in [0.3, 0.4) is 0 Å². The van der Waals surface area contributed by atoms with Gasteiger partial charge in [0.2, 0.25) is 5.91 Å². The van der Waals surface area contributed by atoms with E-state index in [0.29, 0.717) is 22.3 Å². The Morgan fingerprint density at radius 2 is 1.91 bits per heavy atom. The molecule has 10 heteroatoms. The van der Waals surface area contributed by atoms with Gasteiger partial charge in [0.1, 0.15) is 9.83 Å².